The lowest BCUT2D eigenvalue weighted by atomic mass is 10.1. The molecule has 0 atom stereocenters. The molecule has 1 aromatic carbocycles. The van der Waals surface area contributed by atoms with Crippen LogP contribution in [0.2, 0.25) is 0 Å². The Bertz CT molecular complexity index is 663. The van der Waals surface area contributed by atoms with Gasteiger partial charge in [-0.1, -0.05) is 17.2 Å². The smallest absolute Gasteiger partial charge is 0.329 e. The molecule has 0 radical (unpaired) electrons. The van der Waals surface area contributed by atoms with Gasteiger partial charge in [-0.15, -0.1) is 0 Å². The zero-order valence-corrected chi connectivity index (χ0v) is 10.8. The van der Waals surface area contributed by atoms with Crippen molar-refractivity contribution in [3.63, 3.8) is 0 Å². The Morgan fingerprint density at radius 1 is 1.20 bits per heavy atom. The third kappa shape index (κ3) is 2.05. The van der Waals surface area contributed by atoms with Gasteiger partial charge in [-0.3, -0.25) is 9.59 Å². The minimum atomic E-state index is -0.743. The van der Waals surface area contributed by atoms with Gasteiger partial charge in [-0.25, -0.2) is 4.79 Å². The lowest BCUT2D eigenvalue weighted by molar-refractivity contribution is -0.167. The molecular formula is C12H7N3O4S. The van der Waals surface area contributed by atoms with Crippen LogP contribution in [0.1, 0.15) is 26.4 Å². The van der Waals surface area contributed by atoms with Crippen LogP contribution in [0.5, 0.6) is 0 Å². The first-order chi connectivity index (χ1) is 9.66. The normalized spacial score (nSPS) is 13.5. The molecule has 0 fully saturated rings. The van der Waals surface area contributed by atoms with Crippen LogP contribution in [-0.2, 0) is 16.1 Å². The number of aromatic nitrogens is 2. The van der Waals surface area contributed by atoms with Crippen molar-refractivity contribution in [3.05, 3.63) is 47.3 Å². The van der Waals surface area contributed by atoms with Crippen LogP contribution < -0.4 is 0 Å². The quantitative estimate of drug-likeness (QED) is 0.778. The standard InChI is InChI=1S/C12H7N3O4S/c16-10(5-7-6-13-20-14-7)19-15-11(17)8-3-1-2-4-9(8)12(15)18/h1-4,6H,5H2. The molecule has 2 amide bonds. The van der Waals surface area contributed by atoms with Crippen LogP contribution in [-0.4, -0.2) is 31.6 Å². The number of hydrogen-bond donors (Lipinski definition) is 0. The fraction of sp³-hybridized carbons (Fsp3) is 0.0833. The van der Waals surface area contributed by atoms with Gasteiger partial charge < -0.3 is 4.84 Å². The Hall–Kier alpha value is -2.61. The zero-order chi connectivity index (χ0) is 14.1. The summed E-state index contributed by atoms with van der Waals surface area (Å²) in [6.07, 6.45) is 1.28. The van der Waals surface area contributed by atoms with Crippen molar-refractivity contribution in [2.45, 2.75) is 6.42 Å². The summed E-state index contributed by atoms with van der Waals surface area (Å²) < 4.78 is 7.59. The molecule has 0 saturated heterocycles. The van der Waals surface area contributed by atoms with Crippen LogP contribution in [0.15, 0.2) is 30.5 Å². The Kier molecular flexibility index (Phi) is 2.99. The molecule has 8 heteroatoms. The van der Waals surface area contributed by atoms with E-state index in [0.29, 0.717) is 10.8 Å². The molecule has 0 bridgehead atoms. The Labute approximate surface area is 117 Å². The van der Waals surface area contributed by atoms with Crippen LogP contribution in [0.3, 0.4) is 0 Å². The zero-order valence-electron chi connectivity index (χ0n) is 9.98. The highest BCUT2D eigenvalue weighted by molar-refractivity contribution is 6.99. The van der Waals surface area contributed by atoms with Gasteiger partial charge >= 0.3 is 5.97 Å². The van der Waals surface area contributed by atoms with Crippen LogP contribution in [0.4, 0.5) is 0 Å². The molecule has 0 unspecified atom stereocenters. The van der Waals surface area contributed by atoms with Crippen LogP contribution in [0.25, 0.3) is 0 Å². The van der Waals surface area contributed by atoms with E-state index < -0.39 is 17.8 Å². The monoisotopic (exact) mass is 289 g/mol. The molecule has 0 N–H and O–H groups in total. The number of amides is 2. The first kappa shape index (κ1) is 12.4. The number of carbonyl (C=O) groups excluding carboxylic acids is 3. The number of imide groups is 1. The largest absolute Gasteiger partial charge is 0.339 e. The molecule has 7 nitrogen and oxygen atoms in total. The van der Waals surface area contributed by atoms with Gasteiger partial charge in [0.1, 0.15) is 0 Å². The van der Waals surface area contributed by atoms with Gasteiger partial charge in [0.25, 0.3) is 11.8 Å². The van der Waals surface area contributed by atoms with Crippen molar-refractivity contribution in [2.24, 2.45) is 0 Å². The summed E-state index contributed by atoms with van der Waals surface area (Å²) in [6.45, 7) is 0. The highest BCUT2D eigenvalue weighted by atomic mass is 32.1. The predicted molar refractivity (Wildman–Crippen MR) is 66.6 cm³/mol. The number of hydrogen-bond acceptors (Lipinski definition) is 7. The molecule has 0 spiro atoms. The van der Waals surface area contributed by atoms with Gasteiger partial charge in [-0.05, 0) is 12.1 Å². The third-order valence-electron chi connectivity index (χ3n) is 2.68. The molecule has 100 valence electrons. The number of carbonyl (C=O) groups is 3. The lowest BCUT2D eigenvalue weighted by Crippen LogP contribution is -2.33. The van der Waals surface area contributed by atoms with Crippen molar-refractivity contribution >= 4 is 29.5 Å². The molecular weight excluding hydrogens is 282 g/mol. The van der Waals surface area contributed by atoms with Crippen molar-refractivity contribution in [3.8, 4) is 0 Å². The predicted octanol–water partition coefficient (Wildman–Crippen LogP) is 0.835. The lowest BCUT2D eigenvalue weighted by Gasteiger charge is -2.11. The highest BCUT2D eigenvalue weighted by Crippen LogP contribution is 2.22. The fourth-order valence-electron chi connectivity index (χ4n) is 1.79. The maximum absolute atomic E-state index is 11.9. The van der Waals surface area contributed by atoms with Gasteiger partial charge in [0, 0.05) is 0 Å². The molecule has 3 rings (SSSR count). The number of hydroxylamine groups is 2. The summed E-state index contributed by atoms with van der Waals surface area (Å²) in [6, 6.07) is 6.29. The molecule has 0 aliphatic carbocycles. The Morgan fingerprint density at radius 3 is 2.40 bits per heavy atom. The van der Waals surface area contributed by atoms with Crippen molar-refractivity contribution in [1.29, 1.82) is 0 Å². The van der Waals surface area contributed by atoms with Gasteiger partial charge in [0.05, 0.1) is 41.2 Å². The number of nitrogens with zero attached hydrogens (tertiary/aromatic N) is 3. The molecule has 1 aliphatic heterocycles. The first-order valence-corrected chi connectivity index (χ1v) is 6.35. The number of rotatable bonds is 3. The van der Waals surface area contributed by atoms with Gasteiger partial charge in [0.15, 0.2) is 0 Å². The Balaban J connectivity index is 1.75. The van der Waals surface area contributed by atoms with E-state index in [1.807, 2.05) is 0 Å². The molecule has 0 saturated carbocycles. The third-order valence-corrected chi connectivity index (χ3v) is 3.20. The molecule has 2 aromatic rings. The van der Waals surface area contributed by atoms with E-state index in [2.05, 4.69) is 8.75 Å². The second-order valence-corrected chi connectivity index (χ2v) is 4.55. The molecule has 1 aromatic heterocycles. The minimum absolute atomic E-state index is 0.149. The summed E-state index contributed by atoms with van der Waals surface area (Å²) in [5.74, 6) is -2.03. The summed E-state index contributed by atoms with van der Waals surface area (Å²) >= 11 is 0.960. The Morgan fingerprint density at radius 2 is 1.85 bits per heavy atom. The van der Waals surface area contributed by atoms with E-state index >= 15 is 0 Å². The molecule has 20 heavy (non-hydrogen) atoms. The number of fused-ring (bicyclic) bond motifs is 1. The molecule has 2 heterocycles. The maximum atomic E-state index is 11.9. The van der Waals surface area contributed by atoms with Crippen molar-refractivity contribution in [1.82, 2.24) is 13.8 Å². The summed E-state index contributed by atoms with van der Waals surface area (Å²) in [4.78, 5) is 40.4. The summed E-state index contributed by atoms with van der Waals surface area (Å²) in [5, 5.41) is 0.479. The van der Waals surface area contributed by atoms with E-state index in [1.54, 1.807) is 12.1 Å². The van der Waals surface area contributed by atoms with E-state index in [-0.39, 0.29) is 17.5 Å². The number of benzene rings is 1. The fourth-order valence-corrected chi connectivity index (χ4v) is 2.23. The van der Waals surface area contributed by atoms with E-state index in [4.69, 9.17) is 4.84 Å². The SMILES string of the molecule is O=C(Cc1cnsn1)ON1C(=O)c2ccccc2C1=O. The van der Waals surface area contributed by atoms with Crippen LogP contribution >= 0.6 is 11.7 Å². The van der Waals surface area contributed by atoms with Gasteiger partial charge in [0.2, 0.25) is 0 Å². The topological polar surface area (TPSA) is 89.5 Å². The van der Waals surface area contributed by atoms with E-state index in [1.165, 1.54) is 18.3 Å². The molecule has 1 aliphatic rings. The van der Waals surface area contributed by atoms with E-state index in [9.17, 15) is 14.4 Å². The van der Waals surface area contributed by atoms with Crippen LogP contribution in [0, 0.1) is 0 Å². The average molecular weight is 289 g/mol. The average Bonchev–Trinajstić information content (AvgIpc) is 3.03. The first-order valence-electron chi connectivity index (χ1n) is 5.62. The van der Waals surface area contributed by atoms with E-state index in [0.717, 1.165) is 11.7 Å². The summed E-state index contributed by atoms with van der Waals surface area (Å²) in [5.41, 5.74) is 0.873. The maximum Gasteiger partial charge on any atom is 0.339 e. The van der Waals surface area contributed by atoms with Crippen molar-refractivity contribution in [2.75, 3.05) is 0 Å². The minimum Gasteiger partial charge on any atom is -0.329 e. The highest BCUT2D eigenvalue weighted by Gasteiger charge is 2.38. The van der Waals surface area contributed by atoms with Gasteiger partial charge in [-0.2, -0.15) is 8.75 Å². The summed E-state index contributed by atoms with van der Waals surface area (Å²) in [7, 11) is 0. The van der Waals surface area contributed by atoms with Crippen molar-refractivity contribution < 1.29 is 19.2 Å². The second kappa shape index (κ2) is 4.82. The second-order valence-electron chi connectivity index (χ2n) is 3.99.